The third-order valence-corrected chi connectivity index (χ3v) is 3.91. The third kappa shape index (κ3) is 5.90. The quantitative estimate of drug-likeness (QED) is 0.749. The summed E-state index contributed by atoms with van der Waals surface area (Å²) in [7, 11) is 0. The average Bonchev–Trinajstić information content (AvgIpc) is 2.04. The van der Waals surface area contributed by atoms with Gasteiger partial charge in [0.1, 0.15) is 0 Å². The Balaban J connectivity index is 2.44. The molecule has 102 valence electrons. The minimum absolute atomic E-state index is 0.268. The van der Waals surface area contributed by atoms with E-state index in [0.717, 1.165) is 6.04 Å². The minimum atomic E-state index is 0.268. The summed E-state index contributed by atoms with van der Waals surface area (Å²) in [6.07, 6.45) is 6.67. The maximum atomic E-state index is 3.89. The van der Waals surface area contributed by atoms with E-state index in [9.17, 15) is 0 Å². The van der Waals surface area contributed by atoms with Crippen molar-refractivity contribution in [2.45, 2.75) is 92.2 Å². The topological polar surface area (TPSA) is 12.0 Å². The minimum Gasteiger partial charge on any atom is -0.309 e. The van der Waals surface area contributed by atoms with Crippen molar-refractivity contribution >= 4 is 0 Å². The highest BCUT2D eigenvalue weighted by Crippen LogP contribution is 2.36. The Morgan fingerprint density at radius 2 is 1.47 bits per heavy atom. The van der Waals surface area contributed by atoms with E-state index in [0.29, 0.717) is 10.8 Å². The highest BCUT2D eigenvalue weighted by Gasteiger charge is 2.31. The smallest absolute Gasteiger partial charge is 0.0132 e. The van der Waals surface area contributed by atoms with Crippen molar-refractivity contribution < 1.29 is 0 Å². The molecule has 0 saturated heterocycles. The first kappa shape index (κ1) is 15.0. The molecule has 1 N–H and O–H groups in total. The van der Waals surface area contributed by atoms with E-state index in [1.165, 1.54) is 32.1 Å². The lowest BCUT2D eigenvalue weighted by Gasteiger charge is -2.41. The van der Waals surface area contributed by atoms with Gasteiger partial charge in [0.15, 0.2) is 0 Å². The molecule has 0 aliphatic heterocycles. The Kier molecular flexibility index (Phi) is 4.34. The molecule has 0 heterocycles. The lowest BCUT2D eigenvalue weighted by atomic mass is 9.74. The van der Waals surface area contributed by atoms with Gasteiger partial charge in [0.05, 0.1) is 0 Å². The molecule has 0 unspecified atom stereocenters. The highest BCUT2D eigenvalue weighted by molar-refractivity contribution is 4.90. The predicted octanol–water partition coefficient (Wildman–Crippen LogP) is 4.76. The first-order valence-electron chi connectivity index (χ1n) is 7.27. The maximum Gasteiger partial charge on any atom is 0.0132 e. The van der Waals surface area contributed by atoms with E-state index in [4.69, 9.17) is 0 Å². The zero-order chi connectivity index (χ0) is 13.3. The van der Waals surface area contributed by atoms with Gasteiger partial charge in [-0.05, 0) is 56.8 Å². The number of hydrogen-bond acceptors (Lipinski definition) is 1. The Morgan fingerprint density at radius 1 is 1.00 bits per heavy atom. The Morgan fingerprint density at radius 3 is 1.88 bits per heavy atom. The summed E-state index contributed by atoms with van der Waals surface area (Å²) in [6.45, 7) is 16.5. The van der Waals surface area contributed by atoms with Crippen molar-refractivity contribution in [1.29, 1.82) is 0 Å². The van der Waals surface area contributed by atoms with E-state index >= 15 is 0 Å². The van der Waals surface area contributed by atoms with Crippen LogP contribution in [-0.2, 0) is 0 Å². The molecule has 0 amide bonds. The molecule has 0 radical (unpaired) electrons. The van der Waals surface area contributed by atoms with E-state index in [1.54, 1.807) is 0 Å². The van der Waals surface area contributed by atoms with Crippen LogP contribution in [0.25, 0.3) is 0 Å². The molecule has 0 spiro atoms. The monoisotopic (exact) mass is 239 g/mol. The van der Waals surface area contributed by atoms with Gasteiger partial charge in [-0.1, -0.05) is 34.6 Å². The molecule has 1 rings (SSSR count). The van der Waals surface area contributed by atoms with E-state index in [2.05, 4.69) is 53.8 Å². The highest BCUT2D eigenvalue weighted by atomic mass is 15.0. The van der Waals surface area contributed by atoms with Crippen molar-refractivity contribution in [3.05, 3.63) is 0 Å². The van der Waals surface area contributed by atoms with Gasteiger partial charge < -0.3 is 5.32 Å². The molecule has 1 nitrogen and oxygen atoms in total. The van der Waals surface area contributed by atoms with Gasteiger partial charge >= 0.3 is 0 Å². The molecule has 1 saturated carbocycles. The predicted molar refractivity (Wildman–Crippen MR) is 77.3 cm³/mol. The molecule has 0 bridgehead atoms. The van der Waals surface area contributed by atoms with Crippen LogP contribution in [0.3, 0.4) is 0 Å². The van der Waals surface area contributed by atoms with Gasteiger partial charge in [0.25, 0.3) is 0 Å². The first-order chi connectivity index (χ1) is 7.49. The van der Waals surface area contributed by atoms with Gasteiger partial charge in [-0.3, -0.25) is 0 Å². The fraction of sp³-hybridized carbons (Fsp3) is 1.00. The van der Waals surface area contributed by atoms with Crippen LogP contribution in [0.2, 0.25) is 0 Å². The second kappa shape index (κ2) is 4.91. The summed E-state index contributed by atoms with van der Waals surface area (Å²) in [6, 6.07) is 0.736. The van der Waals surface area contributed by atoms with E-state index < -0.39 is 0 Å². The maximum absolute atomic E-state index is 3.89. The molecular formula is C16H33N. The molecule has 1 aliphatic rings. The third-order valence-electron chi connectivity index (χ3n) is 3.91. The molecule has 0 aromatic heterocycles. The second-order valence-corrected chi connectivity index (χ2v) is 8.70. The molecule has 0 aromatic carbocycles. The van der Waals surface area contributed by atoms with Gasteiger partial charge in [-0.2, -0.15) is 0 Å². The Hall–Kier alpha value is -0.0400. The normalized spacial score (nSPS) is 22.8. The van der Waals surface area contributed by atoms with Crippen LogP contribution in [-0.4, -0.2) is 11.6 Å². The summed E-state index contributed by atoms with van der Waals surface area (Å²) in [5.74, 6) is 0. The summed E-state index contributed by atoms with van der Waals surface area (Å²) >= 11 is 0. The van der Waals surface area contributed by atoms with Crippen LogP contribution in [0.5, 0.6) is 0 Å². The largest absolute Gasteiger partial charge is 0.309 e. The van der Waals surface area contributed by atoms with Gasteiger partial charge in [0.2, 0.25) is 0 Å². The first-order valence-corrected chi connectivity index (χ1v) is 7.27. The van der Waals surface area contributed by atoms with Gasteiger partial charge in [-0.25, -0.2) is 0 Å². The average molecular weight is 239 g/mol. The Bertz CT molecular complexity index is 235. The lowest BCUT2D eigenvalue weighted by molar-refractivity contribution is 0.159. The van der Waals surface area contributed by atoms with Gasteiger partial charge in [-0.15, -0.1) is 0 Å². The van der Waals surface area contributed by atoms with Crippen LogP contribution in [0.4, 0.5) is 0 Å². The van der Waals surface area contributed by atoms with Crippen LogP contribution >= 0.6 is 0 Å². The van der Waals surface area contributed by atoms with Crippen molar-refractivity contribution in [2.75, 3.05) is 0 Å². The van der Waals surface area contributed by atoms with Crippen molar-refractivity contribution in [3.8, 4) is 0 Å². The summed E-state index contributed by atoms with van der Waals surface area (Å²) in [5, 5.41) is 3.89. The SMILES string of the molecule is CC(C)(C)CC(C)(C)NC1CCC(C)(C)CC1. The molecule has 0 atom stereocenters. The van der Waals surface area contributed by atoms with E-state index in [-0.39, 0.29) is 5.54 Å². The molecule has 0 aromatic rings. The molecule has 1 fully saturated rings. The van der Waals surface area contributed by atoms with Crippen molar-refractivity contribution in [2.24, 2.45) is 10.8 Å². The Labute approximate surface area is 109 Å². The number of nitrogens with one attached hydrogen (secondary N) is 1. The van der Waals surface area contributed by atoms with Crippen LogP contribution in [0, 0.1) is 10.8 Å². The van der Waals surface area contributed by atoms with Crippen molar-refractivity contribution in [3.63, 3.8) is 0 Å². The fourth-order valence-electron chi connectivity index (χ4n) is 3.47. The summed E-state index contributed by atoms with van der Waals surface area (Å²) in [5.41, 5.74) is 1.25. The number of hydrogen-bond donors (Lipinski definition) is 1. The van der Waals surface area contributed by atoms with Crippen LogP contribution in [0.1, 0.15) is 80.6 Å². The summed E-state index contributed by atoms with van der Waals surface area (Å²) < 4.78 is 0. The molecular weight excluding hydrogens is 206 g/mol. The number of rotatable bonds is 3. The van der Waals surface area contributed by atoms with Crippen molar-refractivity contribution in [1.82, 2.24) is 5.32 Å². The second-order valence-electron chi connectivity index (χ2n) is 8.70. The van der Waals surface area contributed by atoms with Crippen LogP contribution in [0.15, 0.2) is 0 Å². The molecule has 17 heavy (non-hydrogen) atoms. The van der Waals surface area contributed by atoms with E-state index in [1.807, 2.05) is 0 Å². The van der Waals surface area contributed by atoms with Gasteiger partial charge in [0, 0.05) is 11.6 Å². The van der Waals surface area contributed by atoms with Crippen LogP contribution < -0.4 is 5.32 Å². The molecule has 1 aliphatic carbocycles. The fourth-order valence-corrected chi connectivity index (χ4v) is 3.47. The zero-order valence-corrected chi connectivity index (χ0v) is 13.1. The zero-order valence-electron chi connectivity index (χ0n) is 13.1. The summed E-state index contributed by atoms with van der Waals surface area (Å²) in [4.78, 5) is 0. The molecule has 1 heteroatoms. The standard InChI is InChI=1S/C16H33N/c1-14(2,3)12-16(6,7)17-13-8-10-15(4,5)11-9-13/h13,17H,8-12H2,1-7H3. The lowest BCUT2D eigenvalue weighted by Crippen LogP contribution is -2.49.